The summed E-state index contributed by atoms with van der Waals surface area (Å²) in [7, 11) is 1.88. The van der Waals surface area contributed by atoms with Gasteiger partial charge in [0.1, 0.15) is 0 Å². The average molecular weight is 419 g/mol. The highest BCUT2D eigenvalue weighted by atomic mass is 16.5. The maximum atomic E-state index is 13.3. The number of likely N-dealkylation sites (N-methyl/N-ethyl adjacent to an activating group) is 1. The van der Waals surface area contributed by atoms with E-state index in [9.17, 15) is 14.7 Å². The van der Waals surface area contributed by atoms with Crippen LogP contribution in [0.1, 0.15) is 59.8 Å². The van der Waals surface area contributed by atoms with Crippen molar-refractivity contribution >= 4 is 11.7 Å². The van der Waals surface area contributed by atoms with E-state index in [4.69, 9.17) is 4.74 Å². The highest BCUT2D eigenvalue weighted by Gasteiger charge is 2.71. The summed E-state index contributed by atoms with van der Waals surface area (Å²) in [5.74, 6) is 1.01. The van der Waals surface area contributed by atoms with Crippen molar-refractivity contribution in [3.05, 3.63) is 0 Å². The summed E-state index contributed by atoms with van der Waals surface area (Å²) in [5.41, 5.74) is -0.977. The number of hydrogen-bond donors (Lipinski definition) is 3. The van der Waals surface area contributed by atoms with Crippen molar-refractivity contribution < 1.29 is 19.4 Å². The molecule has 3 saturated carbocycles. The topological polar surface area (TPSA) is 87.7 Å². The van der Waals surface area contributed by atoms with Crippen molar-refractivity contribution in [3.63, 3.8) is 0 Å². The molecule has 1 spiro atoms. The molecule has 10 atom stereocenters. The van der Waals surface area contributed by atoms with E-state index >= 15 is 0 Å². The number of rotatable bonds is 1. The molecule has 2 aliphatic heterocycles. The van der Waals surface area contributed by atoms with Gasteiger partial charge in [-0.2, -0.15) is 0 Å². The smallest absolute Gasteiger partial charge is 0.223 e. The number of aliphatic hydroxyl groups is 1. The summed E-state index contributed by atoms with van der Waals surface area (Å²) in [6, 6.07) is -0.218. The largest absolute Gasteiger partial charge is 0.393 e. The Bertz CT molecular complexity index is 768. The Balaban J connectivity index is 1.62. The lowest BCUT2D eigenvalue weighted by Gasteiger charge is -2.70. The van der Waals surface area contributed by atoms with E-state index < -0.39 is 17.1 Å². The molecule has 0 aromatic carbocycles. The van der Waals surface area contributed by atoms with Crippen LogP contribution in [0.3, 0.4) is 0 Å². The standard InChI is InChI=1S/C24H38N2O4/c1-12-6-7-18-22(2,3)20(28)16(25-5)10-24(18)23(12,4)9-14-17(27)8-13-15(19(14)30-24)11-26-21(13)29/h12-19,25,27H,6-11H2,1-5H3,(H,26,29). The van der Waals surface area contributed by atoms with Gasteiger partial charge in [0.15, 0.2) is 5.78 Å². The third-order valence-corrected chi connectivity index (χ3v) is 10.4. The molecular formula is C24H38N2O4. The third kappa shape index (κ3) is 2.42. The lowest BCUT2D eigenvalue weighted by Crippen LogP contribution is -2.75. The van der Waals surface area contributed by atoms with Gasteiger partial charge in [0, 0.05) is 35.6 Å². The third-order valence-electron chi connectivity index (χ3n) is 10.4. The minimum Gasteiger partial charge on any atom is -0.393 e. The van der Waals surface area contributed by atoms with Gasteiger partial charge in [-0.25, -0.2) is 0 Å². The van der Waals surface area contributed by atoms with Crippen LogP contribution in [0.15, 0.2) is 0 Å². The van der Waals surface area contributed by atoms with Crippen LogP contribution in [0, 0.1) is 40.4 Å². The Morgan fingerprint density at radius 1 is 1.13 bits per heavy atom. The average Bonchev–Trinajstić information content (AvgIpc) is 3.06. The monoisotopic (exact) mass is 418 g/mol. The maximum absolute atomic E-state index is 13.3. The van der Waals surface area contributed by atoms with Crippen LogP contribution < -0.4 is 10.6 Å². The van der Waals surface area contributed by atoms with Crippen molar-refractivity contribution in [2.45, 2.75) is 83.6 Å². The van der Waals surface area contributed by atoms with Gasteiger partial charge in [-0.3, -0.25) is 9.59 Å². The molecule has 0 aromatic heterocycles. The van der Waals surface area contributed by atoms with Crippen molar-refractivity contribution in [3.8, 4) is 0 Å². The summed E-state index contributed by atoms with van der Waals surface area (Å²) in [6.07, 6.45) is 3.61. The van der Waals surface area contributed by atoms with Crippen LogP contribution in [0.2, 0.25) is 0 Å². The van der Waals surface area contributed by atoms with Gasteiger partial charge in [-0.15, -0.1) is 0 Å². The first kappa shape index (κ1) is 20.9. The van der Waals surface area contributed by atoms with Crippen LogP contribution in [0.25, 0.3) is 0 Å². The highest BCUT2D eigenvalue weighted by molar-refractivity contribution is 5.91. The maximum Gasteiger partial charge on any atom is 0.223 e. The van der Waals surface area contributed by atoms with Gasteiger partial charge >= 0.3 is 0 Å². The minimum absolute atomic E-state index is 0.0598. The number of nitrogens with one attached hydrogen (secondary N) is 2. The Labute approximate surface area is 179 Å². The summed E-state index contributed by atoms with van der Waals surface area (Å²) < 4.78 is 7.26. The van der Waals surface area contributed by atoms with E-state index in [1.807, 2.05) is 7.05 Å². The first-order valence-corrected chi connectivity index (χ1v) is 11.9. The first-order valence-electron chi connectivity index (χ1n) is 11.9. The molecule has 6 heteroatoms. The quantitative estimate of drug-likeness (QED) is 0.605. The Morgan fingerprint density at radius 2 is 1.87 bits per heavy atom. The number of amides is 1. The van der Waals surface area contributed by atoms with Crippen molar-refractivity contribution in [2.24, 2.45) is 40.4 Å². The van der Waals surface area contributed by atoms with Crippen molar-refractivity contribution in [1.29, 1.82) is 0 Å². The zero-order chi connectivity index (χ0) is 21.6. The van der Waals surface area contributed by atoms with Gasteiger partial charge in [-0.1, -0.05) is 27.7 Å². The highest BCUT2D eigenvalue weighted by Crippen LogP contribution is 2.68. The molecular weight excluding hydrogens is 380 g/mol. The number of Topliss-reactive ketones (excluding diaryl/α,β-unsaturated/α-hetero) is 1. The Morgan fingerprint density at radius 3 is 2.57 bits per heavy atom. The Hall–Kier alpha value is -0.980. The minimum atomic E-state index is -0.500. The fourth-order valence-electron chi connectivity index (χ4n) is 8.44. The number of aliphatic hydroxyl groups excluding tert-OH is 1. The Kier molecular flexibility index (Phi) is 4.54. The molecule has 1 amide bonds. The second kappa shape index (κ2) is 6.52. The molecule has 6 nitrogen and oxygen atoms in total. The molecule has 5 aliphatic rings. The van der Waals surface area contributed by atoms with E-state index in [1.54, 1.807) is 0 Å². The van der Waals surface area contributed by atoms with E-state index in [1.165, 1.54) is 0 Å². The molecule has 5 rings (SSSR count). The van der Waals surface area contributed by atoms with E-state index in [0.717, 1.165) is 19.3 Å². The molecule has 30 heavy (non-hydrogen) atoms. The van der Waals surface area contributed by atoms with Crippen LogP contribution in [-0.2, 0) is 14.3 Å². The zero-order valence-electron chi connectivity index (χ0n) is 19.0. The van der Waals surface area contributed by atoms with Crippen LogP contribution in [0.5, 0.6) is 0 Å². The lowest BCUT2D eigenvalue weighted by molar-refractivity contribution is -0.324. The second-order valence-electron chi connectivity index (χ2n) is 11.7. The van der Waals surface area contributed by atoms with Crippen molar-refractivity contribution in [2.75, 3.05) is 13.6 Å². The second-order valence-corrected chi connectivity index (χ2v) is 11.7. The summed E-state index contributed by atoms with van der Waals surface area (Å²) in [5, 5.41) is 17.4. The molecule has 0 radical (unpaired) electrons. The molecule has 3 aliphatic carbocycles. The number of hydrogen-bond acceptors (Lipinski definition) is 5. The number of ketones is 1. The van der Waals surface area contributed by atoms with E-state index in [-0.39, 0.29) is 47.1 Å². The van der Waals surface area contributed by atoms with Crippen LogP contribution in [-0.4, -0.2) is 54.2 Å². The molecule has 3 N–H and O–H groups in total. The predicted octanol–water partition coefficient (Wildman–Crippen LogP) is 1.90. The molecule has 5 fully saturated rings. The predicted molar refractivity (Wildman–Crippen MR) is 113 cm³/mol. The summed E-state index contributed by atoms with van der Waals surface area (Å²) in [6.45, 7) is 9.54. The summed E-state index contributed by atoms with van der Waals surface area (Å²) in [4.78, 5) is 25.8. The molecule has 2 heterocycles. The summed E-state index contributed by atoms with van der Waals surface area (Å²) >= 11 is 0. The zero-order valence-corrected chi connectivity index (χ0v) is 19.0. The van der Waals surface area contributed by atoms with Gasteiger partial charge < -0.3 is 20.5 Å². The molecule has 0 bridgehead atoms. The molecule has 0 aromatic rings. The number of fused-ring (bicyclic) bond motifs is 3. The fraction of sp³-hybridized carbons (Fsp3) is 0.917. The van der Waals surface area contributed by atoms with Gasteiger partial charge in [-0.05, 0) is 50.5 Å². The lowest BCUT2D eigenvalue weighted by atomic mass is 9.42. The fourth-order valence-corrected chi connectivity index (χ4v) is 8.44. The van der Waals surface area contributed by atoms with Gasteiger partial charge in [0.05, 0.1) is 23.9 Å². The normalized spacial score (nSPS) is 54.5. The number of carbonyl (C=O) groups is 2. The molecule has 10 unspecified atom stereocenters. The van der Waals surface area contributed by atoms with Crippen LogP contribution in [0.4, 0.5) is 0 Å². The van der Waals surface area contributed by atoms with E-state index in [2.05, 4.69) is 38.3 Å². The van der Waals surface area contributed by atoms with Crippen molar-refractivity contribution in [1.82, 2.24) is 10.6 Å². The number of carbonyl (C=O) groups excluding carboxylic acids is 2. The first-order chi connectivity index (χ1) is 14.1. The SMILES string of the molecule is CNC1CC23OC4C(CC2(C)C(C)CCC3C(C)(C)C1=O)C(O)CC1C(=O)NCC14. The molecule has 2 saturated heterocycles. The molecule has 168 valence electrons. The van der Waals surface area contributed by atoms with Crippen LogP contribution >= 0.6 is 0 Å². The van der Waals surface area contributed by atoms with E-state index in [0.29, 0.717) is 31.1 Å². The number of ether oxygens (including phenoxy) is 1. The van der Waals surface area contributed by atoms with Gasteiger partial charge in [0.2, 0.25) is 5.91 Å². The van der Waals surface area contributed by atoms with Gasteiger partial charge in [0.25, 0.3) is 0 Å².